The summed E-state index contributed by atoms with van der Waals surface area (Å²) in [5, 5.41) is 3.24. The van der Waals surface area contributed by atoms with E-state index in [0.29, 0.717) is 38.8 Å². The van der Waals surface area contributed by atoms with Gasteiger partial charge in [0.2, 0.25) is 5.91 Å². The Morgan fingerprint density at radius 1 is 1.22 bits per heavy atom. The highest BCUT2D eigenvalue weighted by Crippen LogP contribution is 2.12. The van der Waals surface area contributed by atoms with Gasteiger partial charge in [-0.1, -0.05) is 6.08 Å². The number of ether oxygens (including phenoxy) is 1. The molecule has 0 saturated carbocycles. The lowest BCUT2D eigenvalue weighted by Crippen LogP contribution is -2.53. The molecule has 1 fully saturated rings. The number of hydrogen-bond acceptors (Lipinski definition) is 4. The summed E-state index contributed by atoms with van der Waals surface area (Å²) < 4.78 is 5.35. The third kappa shape index (κ3) is 7.50. The van der Waals surface area contributed by atoms with Gasteiger partial charge in [0.05, 0.1) is 6.54 Å². The molecule has 1 saturated heterocycles. The monoisotopic (exact) mass is 325 g/mol. The molecule has 0 aliphatic carbocycles. The van der Waals surface area contributed by atoms with Crippen LogP contribution in [0, 0.1) is 0 Å². The summed E-state index contributed by atoms with van der Waals surface area (Å²) in [6.45, 7) is 13.8. The van der Waals surface area contributed by atoms with E-state index in [2.05, 4.69) is 18.8 Å². The van der Waals surface area contributed by atoms with E-state index in [-0.39, 0.29) is 12.0 Å². The molecule has 0 spiro atoms. The summed E-state index contributed by atoms with van der Waals surface area (Å²) in [6.07, 6.45) is 3.50. The Hall–Kier alpha value is -1.56. The second kappa shape index (κ2) is 8.91. The Balaban J connectivity index is 2.31. The number of nitrogens with zero attached hydrogens (tertiary/aromatic N) is 2. The van der Waals surface area contributed by atoms with Crippen molar-refractivity contribution in [2.24, 2.45) is 0 Å². The van der Waals surface area contributed by atoms with Crippen molar-refractivity contribution in [3.8, 4) is 0 Å². The number of nitrogens with one attached hydrogen (secondary N) is 1. The van der Waals surface area contributed by atoms with Crippen LogP contribution in [0.4, 0.5) is 4.79 Å². The van der Waals surface area contributed by atoms with Gasteiger partial charge in [0.1, 0.15) is 5.60 Å². The maximum Gasteiger partial charge on any atom is 0.410 e. The van der Waals surface area contributed by atoms with Crippen LogP contribution in [0.3, 0.4) is 0 Å². The van der Waals surface area contributed by atoms with Crippen LogP contribution >= 0.6 is 0 Å². The predicted molar refractivity (Wildman–Crippen MR) is 91.3 cm³/mol. The zero-order chi connectivity index (χ0) is 17.5. The average Bonchev–Trinajstić information content (AvgIpc) is 2.49. The smallest absolute Gasteiger partial charge is 0.410 e. The lowest BCUT2D eigenvalue weighted by molar-refractivity contribution is -0.132. The number of hydrogen-bond donors (Lipinski definition) is 1. The highest BCUT2D eigenvalue weighted by atomic mass is 16.6. The third-order valence-electron chi connectivity index (χ3n) is 3.69. The molecule has 0 aromatic rings. The maximum absolute atomic E-state index is 12.2. The maximum atomic E-state index is 12.2. The first-order valence-corrected chi connectivity index (χ1v) is 8.33. The lowest BCUT2D eigenvalue weighted by atomic mass is 10.2. The highest BCUT2D eigenvalue weighted by Gasteiger charge is 2.27. The van der Waals surface area contributed by atoms with Gasteiger partial charge in [-0.15, -0.1) is 6.58 Å². The van der Waals surface area contributed by atoms with Gasteiger partial charge >= 0.3 is 6.09 Å². The van der Waals surface area contributed by atoms with Crippen LogP contribution in [0.1, 0.15) is 40.5 Å². The minimum atomic E-state index is -0.491. The van der Waals surface area contributed by atoms with E-state index in [1.54, 1.807) is 9.80 Å². The number of piperazine rings is 1. The zero-order valence-corrected chi connectivity index (χ0v) is 14.9. The van der Waals surface area contributed by atoms with Crippen LogP contribution < -0.4 is 5.32 Å². The SMILES string of the molecule is C=CCCC(C)NCC(=O)N1CCN(C(=O)OC(C)(C)C)CC1. The van der Waals surface area contributed by atoms with Crippen LogP contribution in [-0.2, 0) is 9.53 Å². The molecular weight excluding hydrogens is 294 g/mol. The Labute approximate surface area is 139 Å². The van der Waals surface area contributed by atoms with Crippen molar-refractivity contribution in [3.05, 3.63) is 12.7 Å². The quantitative estimate of drug-likeness (QED) is 0.759. The van der Waals surface area contributed by atoms with Crippen molar-refractivity contribution in [2.45, 2.75) is 52.2 Å². The number of allylic oxidation sites excluding steroid dienone is 1. The summed E-state index contributed by atoms with van der Waals surface area (Å²) in [5.41, 5.74) is -0.491. The number of amides is 2. The van der Waals surface area contributed by atoms with E-state index in [4.69, 9.17) is 4.74 Å². The number of carbonyl (C=O) groups excluding carboxylic acids is 2. The second-order valence-corrected chi connectivity index (χ2v) is 7.00. The molecule has 6 nitrogen and oxygen atoms in total. The van der Waals surface area contributed by atoms with E-state index < -0.39 is 5.60 Å². The van der Waals surface area contributed by atoms with Crippen molar-refractivity contribution in [2.75, 3.05) is 32.7 Å². The molecule has 1 aliphatic rings. The van der Waals surface area contributed by atoms with Crippen LogP contribution in [0.15, 0.2) is 12.7 Å². The predicted octanol–water partition coefficient (Wildman–Crippen LogP) is 2.01. The standard InChI is InChI=1S/C17H31N3O3/c1-6-7-8-14(2)18-13-15(21)19-9-11-20(12-10-19)16(22)23-17(3,4)5/h6,14,18H,1,7-13H2,2-5H3. The molecule has 0 aromatic heterocycles. The van der Waals surface area contributed by atoms with E-state index in [1.165, 1.54) is 0 Å². The molecule has 1 unspecified atom stereocenters. The molecule has 2 amide bonds. The van der Waals surface area contributed by atoms with Gasteiger partial charge in [-0.25, -0.2) is 4.79 Å². The topological polar surface area (TPSA) is 61.9 Å². The largest absolute Gasteiger partial charge is 0.444 e. The van der Waals surface area contributed by atoms with Crippen LogP contribution in [-0.4, -0.2) is 66.2 Å². The Morgan fingerprint density at radius 2 is 1.78 bits per heavy atom. The van der Waals surface area contributed by atoms with Crippen molar-refractivity contribution in [1.82, 2.24) is 15.1 Å². The van der Waals surface area contributed by atoms with Gasteiger partial charge in [0, 0.05) is 32.2 Å². The van der Waals surface area contributed by atoms with Crippen molar-refractivity contribution >= 4 is 12.0 Å². The number of carbonyl (C=O) groups is 2. The molecule has 6 heteroatoms. The average molecular weight is 325 g/mol. The van der Waals surface area contributed by atoms with Crippen molar-refractivity contribution < 1.29 is 14.3 Å². The normalized spacial score (nSPS) is 16.9. The summed E-state index contributed by atoms with van der Waals surface area (Å²) in [4.78, 5) is 27.6. The van der Waals surface area contributed by atoms with Crippen molar-refractivity contribution in [1.29, 1.82) is 0 Å². The minimum absolute atomic E-state index is 0.0827. The van der Waals surface area contributed by atoms with Gasteiger partial charge in [-0.3, -0.25) is 4.79 Å². The molecule has 132 valence electrons. The van der Waals surface area contributed by atoms with E-state index >= 15 is 0 Å². The highest BCUT2D eigenvalue weighted by molar-refractivity contribution is 5.78. The van der Waals surface area contributed by atoms with Gasteiger partial charge in [0.15, 0.2) is 0 Å². The van der Waals surface area contributed by atoms with Gasteiger partial charge < -0.3 is 19.9 Å². The zero-order valence-electron chi connectivity index (χ0n) is 14.9. The summed E-state index contributed by atoms with van der Waals surface area (Å²) >= 11 is 0. The fraction of sp³-hybridized carbons (Fsp3) is 0.765. The molecule has 1 aliphatic heterocycles. The van der Waals surface area contributed by atoms with Crippen LogP contribution in [0.5, 0.6) is 0 Å². The van der Waals surface area contributed by atoms with Gasteiger partial charge in [-0.2, -0.15) is 0 Å². The lowest BCUT2D eigenvalue weighted by Gasteiger charge is -2.35. The van der Waals surface area contributed by atoms with E-state index in [1.807, 2.05) is 26.8 Å². The molecule has 0 radical (unpaired) electrons. The van der Waals surface area contributed by atoms with Crippen LogP contribution in [0.2, 0.25) is 0 Å². The van der Waals surface area contributed by atoms with E-state index in [0.717, 1.165) is 12.8 Å². The second-order valence-electron chi connectivity index (χ2n) is 7.00. The summed E-state index contributed by atoms with van der Waals surface area (Å²) in [7, 11) is 0. The molecule has 1 atom stereocenters. The summed E-state index contributed by atoms with van der Waals surface area (Å²) in [6, 6.07) is 0.292. The molecule has 0 aromatic carbocycles. The van der Waals surface area contributed by atoms with Gasteiger partial charge in [-0.05, 0) is 40.5 Å². The molecule has 1 heterocycles. The van der Waals surface area contributed by atoms with Gasteiger partial charge in [0.25, 0.3) is 0 Å². The molecule has 1 N–H and O–H groups in total. The Bertz CT molecular complexity index is 410. The molecular formula is C17H31N3O3. The van der Waals surface area contributed by atoms with Crippen LogP contribution in [0.25, 0.3) is 0 Å². The number of rotatable bonds is 6. The Kier molecular flexibility index (Phi) is 7.55. The first-order valence-electron chi connectivity index (χ1n) is 8.33. The van der Waals surface area contributed by atoms with E-state index in [9.17, 15) is 9.59 Å². The molecule has 0 bridgehead atoms. The summed E-state index contributed by atoms with van der Waals surface area (Å²) in [5.74, 6) is 0.0827. The fourth-order valence-corrected chi connectivity index (χ4v) is 2.31. The molecule has 1 rings (SSSR count). The minimum Gasteiger partial charge on any atom is -0.444 e. The Morgan fingerprint density at radius 3 is 2.30 bits per heavy atom. The fourth-order valence-electron chi connectivity index (χ4n) is 2.31. The first-order chi connectivity index (χ1) is 10.7. The van der Waals surface area contributed by atoms with Crippen molar-refractivity contribution in [3.63, 3.8) is 0 Å². The first kappa shape index (κ1) is 19.5. The third-order valence-corrected chi connectivity index (χ3v) is 3.69. The molecule has 23 heavy (non-hydrogen) atoms.